The van der Waals surface area contributed by atoms with Gasteiger partial charge < -0.3 is 4.74 Å². The topological polar surface area (TPSA) is 26.3 Å². The van der Waals surface area contributed by atoms with Gasteiger partial charge in [-0.2, -0.15) is 0 Å². The van der Waals surface area contributed by atoms with E-state index >= 15 is 0 Å². The SMILES string of the molecule is CC1CC1C(=O)OC/C=C/Br. The van der Waals surface area contributed by atoms with E-state index in [9.17, 15) is 4.79 Å². The molecule has 1 rings (SSSR count). The van der Waals surface area contributed by atoms with Crippen molar-refractivity contribution in [1.82, 2.24) is 0 Å². The van der Waals surface area contributed by atoms with Crippen LogP contribution in [0.3, 0.4) is 0 Å². The van der Waals surface area contributed by atoms with E-state index in [2.05, 4.69) is 22.9 Å². The van der Waals surface area contributed by atoms with Crippen molar-refractivity contribution in [2.45, 2.75) is 13.3 Å². The number of rotatable bonds is 3. The normalized spacial score (nSPS) is 28.9. The summed E-state index contributed by atoms with van der Waals surface area (Å²) in [6, 6.07) is 0. The van der Waals surface area contributed by atoms with Gasteiger partial charge >= 0.3 is 5.97 Å². The van der Waals surface area contributed by atoms with Gasteiger partial charge in [0, 0.05) is 0 Å². The van der Waals surface area contributed by atoms with Crippen LogP contribution in [0, 0.1) is 11.8 Å². The van der Waals surface area contributed by atoms with Crippen LogP contribution in [0.4, 0.5) is 0 Å². The van der Waals surface area contributed by atoms with Crippen molar-refractivity contribution in [3.05, 3.63) is 11.1 Å². The van der Waals surface area contributed by atoms with Crippen LogP contribution in [-0.4, -0.2) is 12.6 Å². The summed E-state index contributed by atoms with van der Waals surface area (Å²) in [5, 5.41) is 0. The lowest BCUT2D eigenvalue weighted by Crippen LogP contribution is -2.07. The fourth-order valence-electron chi connectivity index (χ4n) is 0.924. The summed E-state index contributed by atoms with van der Waals surface area (Å²) in [5.74, 6) is 0.664. The second-order valence-electron chi connectivity index (χ2n) is 2.81. The Labute approximate surface area is 74.7 Å². The van der Waals surface area contributed by atoms with Crippen molar-refractivity contribution in [2.75, 3.05) is 6.61 Å². The zero-order valence-electron chi connectivity index (χ0n) is 6.42. The molecule has 0 bridgehead atoms. The number of esters is 1. The third-order valence-electron chi connectivity index (χ3n) is 1.82. The Morgan fingerprint density at radius 1 is 1.82 bits per heavy atom. The predicted octanol–water partition coefficient (Wildman–Crippen LogP) is 2.09. The molecule has 0 radical (unpaired) electrons. The summed E-state index contributed by atoms with van der Waals surface area (Å²) in [6.07, 6.45) is 2.75. The second kappa shape index (κ2) is 3.90. The first-order valence-electron chi connectivity index (χ1n) is 3.67. The van der Waals surface area contributed by atoms with E-state index in [0.717, 1.165) is 6.42 Å². The molecule has 1 fully saturated rings. The molecule has 1 aliphatic rings. The minimum absolute atomic E-state index is 0.0527. The Morgan fingerprint density at radius 2 is 2.45 bits per heavy atom. The van der Waals surface area contributed by atoms with E-state index in [-0.39, 0.29) is 11.9 Å². The molecule has 0 saturated heterocycles. The van der Waals surface area contributed by atoms with E-state index in [1.807, 2.05) is 0 Å². The molecule has 0 aromatic carbocycles. The van der Waals surface area contributed by atoms with Gasteiger partial charge in [0.15, 0.2) is 0 Å². The Kier molecular flexibility index (Phi) is 3.12. The molecule has 3 heteroatoms. The van der Waals surface area contributed by atoms with Gasteiger partial charge in [-0.15, -0.1) is 0 Å². The fourth-order valence-corrected chi connectivity index (χ4v) is 1.08. The standard InChI is InChI=1S/C8H11BrO2/c1-6-5-7(6)8(10)11-4-2-3-9/h2-3,6-7H,4-5H2,1H3/b3-2+. The lowest BCUT2D eigenvalue weighted by atomic mass is 10.3. The first-order valence-corrected chi connectivity index (χ1v) is 4.59. The van der Waals surface area contributed by atoms with Gasteiger partial charge in [-0.05, 0) is 23.4 Å². The van der Waals surface area contributed by atoms with Crippen molar-refractivity contribution in [3.63, 3.8) is 0 Å². The molecule has 2 nitrogen and oxygen atoms in total. The average Bonchev–Trinajstić information content (AvgIpc) is 2.67. The number of hydrogen-bond donors (Lipinski definition) is 0. The maximum absolute atomic E-state index is 11.0. The van der Waals surface area contributed by atoms with Crippen LogP contribution in [0.25, 0.3) is 0 Å². The van der Waals surface area contributed by atoms with Crippen LogP contribution in [0.2, 0.25) is 0 Å². The third-order valence-corrected chi connectivity index (χ3v) is 2.20. The summed E-state index contributed by atoms with van der Waals surface area (Å²) in [4.78, 5) is 12.7. The monoisotopic (exact) mass is 218 g/mol. The zero-order valence-corrected chi connectivity index (χ0v) is 8.00. The van der Waals surface area contributed by atoms with Gasteiger partial charge in [-0.3, -0.25) is 4.79 Å². The minimum atomic E-state index is -0.0527. The molecular formula is C8H11BrO2. The molecule has 0 aromatic rings. The quantitative estimate of drug-likeness (QED) is 0.679. The van der Waals surface area contributed by atoms with Crippen LogP contribution >= 0.6 is 15.9 Å². The van der Waals surface area contributed by atoms with Gasteiger partial charge in [0.1, 0.15) is 6.61 Å². The van der Waals surface area contributed by atoms with Crippen molar-refractivity contribution >= 4 is 21.9 Å². The number of halogens is 1. The van der Waals surface area contributed by atoms with Crippen molar-refractivity contribution in [2.24, 2.45) is 11.8 Å². The lowest BCUT2D eigenvalue weighted by Gasteiger charge is -1.98. The highest BCUT2D eigenvalue weighted by atomic mass is 79.9. The van der Waals surface area contributed by atoms with Gasteiger partial charge in [0.2, 0.25) is 0 Å². The molecule has 11 heavy (non-hydrogen) atoms. The molecule has 0 aromatic heterocycles. The first kappa shape index (κ1) is 8.78. The number of hydrogen-bond acceptors (Lipinski definition) is 2. The summed E-state index contributed by atoms with van der Waals surface area (Å²) in [6.45, 7) is 2.44. The van der Waals surface area contributed by atoms with E-state index in [4.69, 9.17) is 4.74 Å². The molecule has 0 aliphatic heterocycles. The molecule has 1 saturated carbocycles. The van der Waals surface area contributed by atoms with E-state index in [0.29, 0.717) is 12.5 Å². The van der Waals surface area contributed by atoms with E-state index < -0.39 is 0 Å². The smallest absolute Gasteiger partial charge is 0.309 e. The zero-order chi connectivity index (χ0) is 8.27. The fraction of sp³-hybridized carbons (Fsp3) is 0.625. The van der Waals surface area contributed by atoms with Crippen molar-refractivity contribution in [1.29, 1.82) is 0 Å². The van der Waals surface area contributed by atoms with Gasteiger partial charge in [-0.1, -0.05) is 22.9 Å². The lowest BCUT2D eigenvalue weighted by molar-refractivity contribution is -0.144. The Balaban J connectivity index is 2.12. The Bertz CT molecular complexity index is 177. The van der Waals surface area contributed by atoms with E-state index in [1.54, 1.807) is 11.1 Å². The van der Waals surface area contributed by atoms with Crippen LogP contribution in [0.5, 0.6) is 0 Å². The predicted molar refractivity (Wildman–Crippen MR) is 46.3 cm³/mol. The molecule has 0 amide bonds. The maximum Gasteiger partial charge on any atom is 0.309 e. The van der Waals surface area contributed by atoms with Gasteiger partial charge in [0.25, 0.3) is 0 Å². The highest BCUT2D eigenvalue weighted by molar-refractivity contribution is 9.11. The molecule has 2 unspecified atom stereocenters. The van der Waals surface area contributed by atoms with Crippen molar-refractivity contribution < 1.29 is 9.53 Å². The number of carbonyl (C=O) groups excluding carboxylic acids is 1. The van der Waals surface area contributed by atoms with Crippen LogP contribution in [0.1, 0.15) is 13.3 Å². The first-order chi connectivity index (χ1) is 5.25. The highest BCUT2D eigenvalue weighted by Crippen LogP contribution is 2.38. The van der Waals surface area contributed by atoms with Crippen LogP contribution in [0.15, 0.2) is 11.1 Å². The maximum atomic E-state index is 11.0. The summed E-state index contributed by atoms with van der Waals surface area (Å²) in [7, 11) is 0. The number of ether oxygens (including phenoxy) is 1. The molecular weight excluding hydrogens is 208 g/mol. The largest absolute Gasteiger partial charge is 0.461 e. The molecule has 62 valence electrons. The molecule has 1 aliphatic carbocycles. The Hall–Kier alpha value is -0.310. The van der Waals surface area contributed by atoms with E-state index in [1.165, 1.54) is 0 Å². The second-order valence-corrected chi connectivity index (χ2v) is 3.34. The molecule has 0 spiro atoms. The van der Waals surface area contributed by atoms with Gasteiger partial charge in [0.05, 0.1) is 5.92 Å². The summed E-state index contributed by atoms with van der Waals surface area (Å²) >= 11 is 3.09. The van der Waals surface area contributed by atoms with Crippen LogP contribution in [-0.2, 0) is 9.53 Å². The Morgan fingerprint density at radius 3 is 2.91 bits per heavy atom. The van der Waals surface area contributed by atoms with Crippen LogP contribution < -0.4 is 0 Å². The van der Waals surface area contributed by atoms with Crippen molar-refractivity contribution in [3.8, 4) is 0 Å². The summed E-state index contributed by atoms with van der Waals surface area (Å²) in [5.41, 5.74) is 0. The number of carbonyl (C=O) groups is 1. The molecule has 2 atom stereocenters. The third kappa shape index (κ3) is 2.66. The minimum Gasteiger partial charge on any atom is -0.461 e. The average molecular weight is 219 g/mol. The molecule has 0 N–H and O–H groups in total. The van der Waals surface area contributed by atoms with Gasteiger partial charge in [-0.25, -0.2) is 0 Å². The summed E-state index contributed by atoms with van der Waals surface area (Å²) < 4.78 is 4.92. The molecule has 0 heterocycles. The highest BCUT2D eigenvalue weighted by Gasteiger charge is 2.40.